The molecule has 3 N–H and O–H groups in total. The molecule has 11 heteroatoms. The van der Waals surface area contributed by atoms with Gasteiger partial charge in [0, 0.05) is 44.5 Å². The number of hydrogen-bond acceptors (Lipinski definition) is 10. The molecule has 4 heterocycles. The summed E-state index contributed by atoms with van der Waals surface area (Å²) in [6.45, 7) is 4.21. The van der Waals surface area contributed by atoms with Crippen LogP contribution in [0.3, 0.4) is 0 Å². The summed E-state index contributed by atoms with van der Waals surface area (Å²) in [7, 11) is 0. The molecule has 0 bridgehead atoms. The van der Waals surface area contributed by atoms with Crippen molar-refractivity contribution in [1.29, 1.82) is 0 Å². The zero-order valence-electron chi connectivity index (χ0n) is 21.9. The number of ether oxygens (including phenoxy) is 2. The van der Waals surface area contributed by atoms with E-state index in [1.54, 1.807) is 12.1 Å². The third-order valence-corrected chi connectivity index (χ3v) is 7.28. The highest BCUT2D eigenvalue weighted by Crippen LogP contribution is 2.32. The Bertz CT molecular complexity index is 1300. The summed E-state index contributed by atoms with van der Waals surface area (Å²) in [5.74, 6) is 2.61. The monoisotopic (exact) mass is 531 g/mol. The van der Waals surface area contributed by atoms with Crippen LogP contribution in [0.2, 0.25) is 0 Å². The molecule has 6 rings (SSSR count). The van der Waals surface area contributed by atoms with Crippen LogP contribution < -0.4 is 29.9 Å². The molecule has 0 spiro atoms. The van der Waals surface area contributed by atoms with Crippen LogP contribution >= 0.6 is 0 Å². The predicted octanol–water partition coefficient (Wildman–Crippen LogP) is 3.96. The summed E-state index contributed by atoms with van der Waals surface area (Å²) in [6.07, 6.45) is 6.95. The zero-order valence-corrected chi connectivity index (χ0v) is 21.9. The fraction of sp³-hybridized carbons (Fsp3) is 0.429. The lowest BCUT2D eigenvalue weighted by Crippen LogP contribution is -2.34. The van der Waals surface area contributed by atoms with Gasteiger partial charge in [0.25, 0.3) is 5.91 Å². The Kier molecular flexibility index (Phi) is 7.20. The molecule has 3 aromatic rings. The Hall–Kier alpha value is -4.28. The van der Waals surface area contributed by atoms with E-state index in [0.717, 1.165) is 57.4 Å². The second-order valence-corrected chi connectivity index (χ2v) is 10.1. The van der Waals surface area contributed by atoms with Gasteiger partial charge in [-0.1, -0.05) is 6.07 Å². The van der Waals surface area contributed by atoms with Gasteiger partial charge in [-0.15, -0.1) is 0 Å². The number of phenols is 1. The van der Waals surface area contributed by atoms with Crippen molar-refractivity contribution < 1.29 is 19.4 Å². The number of nitrogens with one attached hydrogen (secondary N) is 2. The van der Waals surface area contributed by atoms with Crippen LogP contribution in [0.4, 0.5) is 23.5 Å². The number of aromatic hydroxyl groups is 1. The van der Waals surface area contributed by atoms with E-state index in [1.165, 1.54) is 18.9 Å². The van der Waals surface area contributed by atoms with Crippen molar-refractivity contribution in [3.8, 4) is 17.2 Å². The smallest absolute Gasteiger partial charge is 0.255 e. The van der Waals surface area contributed by atoms with Crippen molar-refractivity contribution in [3.63, 3.8) is 0 Å². The first-order valence-corrected chi connectivity index (χ1v) is 13.7. The summed E-state index contributed by atoms with van der Waals surface area (Å²) >= 11 is 0. The Morgan fingerprint density at radius 3 is 2.15 bits per heavy atom. The molecule has 3 aliphatic rings. The minimum absolute atomic E-state index is 0.134. The maximum Gasteiger partial charge on any atom is 0.255 e. The Labute approximate surface area is 227 Å². The molecule has 0 unspecified atom stereocenters. The molecule has 0 saturated carbocycles. The lowest BCUT2D eigenvalue weighted by Gasteiger charge is -2.30. The van der Waals surface area contributed by atoms with Crippen LogP contribution in [0.1, 0.15) is 54.4 Å². The van der Waals surface area contributed by atoms with E-state index >= 15 is 0 Å². The average molecular weight is 532 g/mol. The van der Waals surface area contributed by atoms with Gasteiger partial charge in [0.15, 0.2) is 11.5 Å². The van der Waals surface area contributed by atoms with Crippen molar-refractivity contribution in [2.75, 3.05) is 48.1 Å². The van der Waals surface area contributed by atoms with E-state index in [0.29, 0.717) is 41.6 Å². The first-order valence-electron chi connectivity index (χ1n) is 13.7. The van der Waals surface area contributed by atoms with Crippen molar-refractivity contribution in [1.82, 2.24) is 20.3 Å². The Morgan fingerprint density at radius 1 is 0.821 bits per heavy atom. The lowest BCUT2D eigenvalue weighted by atomic mass is 10.1. The van der Waals surface area contributed by atoms with Gasteiger partial charge in [-0.3, -0.25) is 4.79 Å². The van der Waals surface area contributed by atoms with Gasteiger partial charge in [0.2, 0.25) is 24.6 Å². The molecular formula is C28H33N7O4. The molecule has 0 atom stereocenters. The van der Waals surface area contributed by atoms with E-state index < -0.39 is 0 Å². The van der Waals surface area contributed by atoms with Crippen molar-refractivity contribution >= 4 is 29.4 Å². The first kappa shape index (κ1) is 25.0. The number of hydrogen-bond donors (Lipinski definition) is 3. The highest BCUT2D eigenvalue weighted by molar-refractivity contribution is 5.97. The number of anilines is 4. The van der Waals surface area contributed by atoms with Gasteiger partial charge in [-0.05, 0) is 68.4 Å². The molecular weight excluding hydrogens is 498 g/mol. The number of carbonyl (C=O) groups is 1. The van der Waals surface area contributed by atoms with Gasteiger partial charge in [-0.25, -0.2) is 0 Å². The second-order valence-electron chi connectivity index (χ2n) is 10.1. The van der Waals surface area contributed by atoms with Crippen LogP contribution in [0, 0.1) is 0 Å². The van der Waals surface area contributed by atoms with Crippen LogP contribution in [0.5, 0.6) is 17.2 Å². The first-order chi connectivity index (χ1) is 19.1. The molecule has 2 fully saturated rings. The number of phenolic OH excluding ortho intramolecular Hbond substituents is 1. The van der Waals surface area contributed by atoms with E-state index in [1.807, 2.05) is 18.2 Å². The molecule has 0 aliphatic carbocycles. The topological polar surface area (TPSA) is 125 Å². The third kappa shape index (κ3) is 5.76. The summed E-state index contributed by atoms with van der Waals surface area (Å²) in [5.41, 5.74) is 1.63. The number of carbonyl (C=O) groups excluding carboxylic acids is 1. The quantitative estimate of drug-likeness (QED) is 0.413. The predicted molar refractivity (Wildman–Crippen MR) is 147 cm³/mol. The summed E-state index contributed by atoms with van der Waals surface area (Å²) in [5, 5.41) is 16.7. The van der Waals surface area contributed by atoms with Crippen LogP contribution in [-0.4, -0.2) is 58.9 Å². The molecule has 1 amide bonds. The average Bonchev–Trinajstić information content (AvgIpc) is 3.45. The number of piperidine rings is 2. The minimum Gasteiger partial charge on any atom is -0.507 e. The van der Waals surface area contributed by atoms with E-state index in [2.05, 4.69) is 20.4 Å². The largest absolute Gasteiger partial charge is 0.507 e. The summed E-state index contributed by atoms with van der Waals surface area (Å²) in [6, 6.07) is 10.4. The van der Waals surface area contributed by atoms with Gasteiger partial charge in [0.1, 0.15) is 5.75 Å². The van der Waals surface area contributed by atoms with Gasteiger partial charge in [-0.2, -0.15) is 15.0 Å². The summed E-state index contributed by atoms with van der Waals surface area (Å²) in [4.78, 5) is 31.5. The maximum absolute atomic E-state index is 12.8. The number of aromatic nitrogens is 3. The fourth-order valence-corrected chi connectivity index (χ4v) is 5.14. The maximum atomic E-state index is 12.8. The molecule has 39 heavy (non-hydrogen) atoms. The van der Waals surface area contributed by atoms with Gasteiger partial charge >= 0.3 is 0 Å². The number of benzene rings is 2. The fourth-order valence-electron chi connectivity index (χ4n) is 5.14. The van der Waals surface area contributed by atoms with Crippen molar-refractivity contribution in [3.05, 3.63) is 47.5 Å². The molecule has 2 saturated heterocycles. The third-order valence-electron chi connectivity index (χ3n) is 7.28. The number of nitrogens with zero attached hydrogens (tertiary/aromatic N) is 5. The molecule has 1 aromatic heterocycles. The SMILES string of the molecule is O=C(NCc1ccc2c(c1)OCO2)c1ccc(Nc2nc(N3CCCCC3)nc(N3CCCCC3)n2)cc1O. The number of rotatable bonds is 7. The van der Waals surface area contributed by atoms with Crippen LogP contribution in [0.15, 0.2) is 36.4 Å². The second kappa shape index (κ2) is 11.2. The van der Waals surface area contributed by atoms with E-state index in [4.69, 9.17) is 24.4 Å². The standard InChI is InChI=1S/C28H33N7O4/c36-22-16-20(8-9-21(22)25(37)29-17-19-7-10-23-24(15-19)39-18-38-23)30-26-31-27(34-11-3-1-4-12-34)33-28(32-26)35-13-5-2-6-14-35/h7-10,15-16,36H,1-6,11-14,17-18H2,(H,29,37)(H,30,31,32,33). The molecule has 0 radical (unpaired) electrons. The molecule has 2 aromatic carbocycles. The van der Waals surface area contributed by atoms with Crippen LogP contribution in [0.25, 0.3) is 0 Å². The van der Waals surface area contributed by atoms with Crippen LogP contribution in [-0.2, 0) is 6.54 Å². The zero-order chi connectivity index (χ0) is 26.6. The highest BCUT2D eigenvalue weighted by Gasteiger charge is 2.21. The van der Waals surface area contributed by atoms with Gasteiger partial charge < -0.3 is 35.0 Å². The van der Waals surface area contributed by atoms with Crippen molar-refractivity contribution in [2.45, 2.75) is 45.1 Å². The van der Waals surface area contributed by atoms with E-state index in [-0.39, 0.29) is 24.0 Å². The molecule has 11 nitrogen and oxygen atoms in total. The van der Waals surface area contributed by atoms with E-state index in [9.17, 15) is 9.90 Å². The lowest BCUT2D eigenvalue weighted by molar-refractivity contribution is 0.0948. The molecule has 204 valence electrons. The van der Waals surface area contributed by atoms with Crippen molar-refractivity contribution in [2.24, 2.45) is 0 Å². The number of fused-ring (bicyclic) bond motifs is 1. The Balaban J connectivity index is 1.16. The normalized spacial score (nSPS) is 16.7. The van der Waals surface area contributed by atoms with Gasteiger partial charge in [0.05, 0.1) is 5.56 Å². The minimum atomic E-state index is -0.378. The number of amides is 1. The highest BCUT2D eigenvalue weighted by atomic mass is 16.7. The Morgan fingerprint density at radius 2 is 1.49 bits per heavy atom. The summed E-state index contributed by atoms with van der Waals surface area (Å²) < 4.78 is 10.7. The molecule has 3 aliphatic heterocycles.